The molecule has 1 heterocycles. The number of unbranched alkanes of at least 4 members (excludes halogenated alkanes) is 2. The standard InChI is InChI=1S/C14H23N3O/c1-17(2)9-5-3-4-7-15-11-14-10-13(12-18)6-8-16-14/h6,8,10,12,15H,3-5,7,9,11H2,1-2H3. The fraction of sp³-hybridized carbons (Fsp3) is 0.571. The Morgan fingerprint density at radius 3 is 2.89 bits per heavy atom. The van der Waals surface area contributed by atoms with Gasteiger partial charge in [-0.05, 0) is 52.2 Å². The van der Waals surface area contributed by atoms with Crippen LogP contribution < -0.4 is 5.32 Å². The minimum absolute atomic E-state index is 0.688. The average molecular weight is 249 g/mol. The van der Waals surface area contributed by atoms with E-state index in [9.17, 15) is 4.79 Å². The molecule has 0 saturated heterocycles. The van der Waals surface area contributed by atoms with Crippen molar-refractivity contribution in [3.63, 3.8) is 0 Å². The van der Waals surface area contributed by atoms with Crippen molar-refractivity contribution < 1.29 is 4.79 Å². The highest BCUT2D eigenvalue weighted by molar-refractivity contribution is 5.74. The van der Waals surface area contributed by atoms with Gasteiger partial charge in [0.1, 0.15) is 6.29 Å². The first-order chi connectivity index (χ1) is 8.72. The van der Waals surface area contributed by atoms with Crippen LogP contribution >= 0.6 is 0 Å². The van der Waals surface area contributed by atoms with Crippen LogP contribution in [0.25, 0.3) is 0 Å². The number of aldehydes is 1. The van der Waals surface area contributed by atoms with E-state index in [0.29, 0.717) is 5.56 Å². The summed E-state index contributed by atoms with van der Waals surface area (Å²) in [6, 6.07) is 3.55. The zero-order valence-electron chi connectivity index (χ0n) is 11.4. The lowest BCUT2D eigenvalue weighted by Crippen LogP contribution is -2.17. The second-order valence-electron chi connectivity index (χ2n) is 4.74. The number of rotatable bonds is 9. The number of nitrogens with zero attached hydrogens (tertiary/aromatic N) is 2. The first-order valence-corrected chi connectivity index (χ1v) is 6.48. The molecule has 18 heavy (non-hydrogen) atoms. The smallest absolute Gasteiger partial charge is 0.150 e. The summed E-state index contributed by atoms with van der Waals surface area (Å²) in [5.41, 5.74) is 1.61. The molecule has 0 radical (unpaired) electrons. The van der Waals surface area contributed by atoms with Crippen molar-refractivity contribution in [1.29, 1.82) is 0 Å². The van der Waals surface area contributed by atoms with Crippen LogP contribution in [0.3, 0.4) is 0 Å². The Kier molecular flexibility index (Phi) is 7.22. The third-order valence-corrected chi connectivity index (χ3v) is 2.74. The van der Waals surface area contributed by atoms with Gasteiger partial charge in [0.2, 0.25) is 0 Å². The summed E-state index contributed by atoms with van der Waals surface area (Å²) in [5.74, 6) is 0. The van der Waals surface area contributed by atoms with Crippen molar-refractivity contribution in [3.8, 4) is 0 Å². The van der Waals surface area contributed by atoms with E-state index in [1.807, 2.05) is 6.07 Å². The number of nitrogens with one attached hydrogen (secondary N) is 1. The van der Waals surface area contributed by atoms with E-state index >= 15 is 0 Å². The molecule has 0 unspecified atom stereocenters. The maximum absolute atomic E-state index is 10.6. The molecule has 0 aromatic carbocycles. The topological polar surface area (TPSA) is 45.2 Å². The lowest BCUT2D eigenvalue weighted by atomic mass is 10.2. The third-order valence-electron chi connectivity index (χ3n) is 2.74. The summed E-state index contributed by atoms with van der Waals surface area (Å²) < 4.78 is 0. The summed E-state index contributed by atoms with van der Waals surface area (Å²) in [4.78, 5) is 17.0. The molecular weight excluding hydrogens is 226 g/mol. The quantitative estimate of drug-likeness (QED) is 0.534. The Balaban J connectivity index is 2.08. The molecule has 1 rings (SSSR count). The average Bonchev–Trinajstić information content (AvgIpc) is 2.37. The van der Waals surface area contributed by atoms with Crippen molar-refractivity contribution in [2.75, 3.05) is 27.2 Å². The van der Waals surface area contributed by atoms with Crippen LogP contribution in [0.15, 0.2) is 18.3 Å². The highest BCUT2D eigenvalue weighted by atomic mass is 16.1. The molecule has 100 valence electrons. The van der Waals surface area contributed by atoms with E-state index in [-0.39, 0.29) is 0 Å². The maximum atomic E-state index is 10.6. The van der Waals surface area contributed by atoms with E-state index < -0.39 is 0 Å². The number of carbonyl (C=O) groups is 1. The first kappa shape index (κ1) is 14.8. The van der Waals surface area contributed by atoms with Crippen LogP contribution in [0.2, 0.25) is 0 Å². The minimum Gasteiger partial charge on any atom is -0.311 e. The molecule has 1 aromatic rings. The molecule has 1 aromatic heterocycles. The van der Waals surface area contributed by atoms with Gasteiger partial charge < -0.3 is 10.2 Å². The Morgan fingerprint density at radius 1 is 1.33 bits per heavy atom. The molecule has 0 aliphatic carbocycles. The molecule has 0 spiro atoms. The summed E-state index contributed by atoms with van der Waals surface area (Å²) in [6.07, 6.45) is 6.20. The van der Waals surface area contributed by atoms with Crippen molar-refractivity contribution in [3.05, 3.63) is 29.6 Å². The van der Waals surface area contributed by atoms with E-state index in [1.54, 1.807) is 12.3 Å². The molecule has 0 amide bonds. The summed E-state index contributed by atoms with van der Waals surface area (Å²) in [7, 11) is 4.20. The summed E-state index contributed by atoms with van der Waals surface area (Å²) >= 11 is 0. The lowest BCUT2D eigenvalue weighted by molar-refractivity contribution is 0.112. The minimum atomic E-state index is 0.688. The molecule has 4 nitrogen and oxygen atoms in total. The predicted molar refractivity (Wildman–Crippen MR) is 73.7 cm³/mol. The zero-order valence-corrected chi connectivity index (χ0v) is 11.4. The van der Waals surface area contributed by atoms with Gasteiger partial charge in [0.05, 0.1) is 5.69 Å². The number of hydrogen-bond acceptors (Lipinski definition) is 4. The molecule has 0 bridgehead atoms. The molecule has 4 heteroatoms. The number of carbonyl (C=O) groups excluding carboxylic acids is 1. The summed E-state index contributed by atoms with van der Waals surface area (Å²) in [5, 5.41) is 3.35. The van der Waals surface area contributed by atoms with Gasteiger partial charge in [0, 0.05) is 18.3 Å². The molecule has 0 fully saturated rings. The second-order valence-corrected chi connectivity index (χ2v) is 4.74. The summed E-state index contributed by atoms with van der Waals surface area (Å²) in [6.45, 7) is 2.89. The Bertz CT molecular complexity index is 353. The van der Waals surface area contributed by atoms with Gasteiger partial charge in [-0.1, -0.05) is 6.42 Å². The van der Waals surface area contributed by atoms with Crippen molar-refractivity contribution >= 4 is 6.29 Å². The van der Waals surface area contributed by atoms with E-state index in [4.69, 9.17) is 0 Å². The van der Waals surface area contributed by atoms with E-state index in [2.05, 4.69) is 29.3 Å². The predicted octanol–water partition coefficient (Wildman–Crippen LogP) is 1.72. The Hall–Kier alpha value is -1.26. The van der Waals surface area contributed by atoms with Crippen LogP contribution in [0.5, 0.6) is 0 Å². The molecule has 0 atom stereocenters. The maximum Gasteiger partial charge on any atom is 0.150 e. The van der Waals surface area contributed by atoms with E-state index in [1.165, 1.54) is 19.3 Å². The second kappa shape index (κ2) is 8.78. The van der Waals surface area contributed by atoms with Crippen LogP contribution in [-0.2, 0) is 6.54 Å². The number of hydrogen-bond donors (Lipinski definition) is 1. The first-order valence-electron chi connectivity index (χ1n) is 6.48. The van der Waals surface area contributed by atoms with Crippen molar-refractivity contribution in [2.45, 2.75) is 25.8 Å². The Morgan fingerprint density at radius 2 is 2.17 bits per heavy atom. The monoisotopic (exact) mass is 249 g/mol. The SMILES string of the molecule is CN(C)CCCCCNCc1cc(C=O)ccn1. The fourth-order valence-electron chi connectivity index (χ4n) is 1.74. The molecule has 0 saturated carbocycles. The van der Waals surface area contributed by atoms with Crippen LogP contribution in [0, 0.1) is 0 Å². The fourth-order valence-corrected chi connectivity index (χ4v) is 1.74. The van der Waals surface area contributed by atoms with Crippen LogP contribution in [0.4, 0.5) is 0 Å². The molecule has 1 N–H and O–H groups in total. The lowest BCUT2D eigenvalue weighted by Gasteiger charge is -2.09. The van der Waals surface area contributed by atoms with Gasteiger partial charge >= 0.3 is 0 Å². The van der Waals surface area contributed by atoms with Gasteiger partial charge in [0.15, 0.2) is 0 Å². The van der Waals surface area contributed by atoms with Gasteiger partial charge in [0.25, 0.3) is 0 Å². The van der Waals surface area contributed by atoms with Crippen molar-refractivity contribution in [2.24, 2.45) is 0 Å². The highest BCUT2D eigenvalue weighted by Crippen LogP contribution is 1.99. The number of aromatic nitrogens is 1. The van der Waals surface area contributed by atoms with E-state index in [0.717, 1.165) is 31.6 Å². The number of pyridine rings is 1. The molecule has 0 aliphatic rings. The normalized spacial score (nSPS) is 10.8. The van der Waals surface area contributed by atoms with Crippen molar-refractivity contribution in [1.82, 2.24) is 15.2 Å². The van der Waals surface area contributed by atoms with Crippen LogP contribution in [0.1, 0.15) is 35.3 Å². The van der Waals surface area contributed by atoms with Gasteiger partial charge in [-0.15, -0.1) is 0 Å². The van der Waals surface area contributed by atoms with Gasteiger partial charge in [-0.2, -0.15) is 0 Å². The van der Waals surface area contributed by atoms with Gasteiger partial charge in [-0.3, -0.25) is 9.78 Å². The third kappa shape index (κ3) is 6.47. The Labute approximate surface area is 109 Å². The van der Waals surface area contributed by atoms with Crippen LogP contribution in [-0.4, -0.2) is 43.4 Å². The largest absolute Gasteiger partial charge is 0.311 e. The zero-order chi connectivity index (χ0) is 13.2. The highest BCUT2D eigenvalue weighted by Gasteiger charge is 1.96. The van der Waals surface area contributed by atoms with Gasteiger partial charge in [-0.25, -0.2) is 0 Å². The molecule has 0 aliphatic heterocycles. The molecular formula is C14H23N3O.